The Bertz CT molecular complexity index is 695. The van der Waals surface area contributed by atoms with Crippen LogP contribution >= 0.6 is 11.8 Å². The molecule has 1 atom stereocenters. The molecule has 2 rings (SSSR count). The highest BCUT2D eigenvalue weighted by molar-refractivity contribution is 7.99. The molecular weight excluding hydrogens is 348 g/mol. The molecule has 1 amide bonds. The van der Waals surface area contributed by atoms with Crippen molar-refractivity contribution in [1.29, 1.82) is 0 Å². The largest absolute Gasteiger partial charge is 0.490 e. The third-order valence-electron chi connectivity index (χ3n) is 4.34. The maximum atomic E-state index is 12.3. The Morgan fingerprint density at radius 3 is 2.80 bits per heavy atom. The van der Waals surface area contributed by atoms with Crippen LogP contribution in [-0.4, -0.2) is 51.8 Å². The van der Waals surface area contributed by atoms with Crippen molar-refractivity contribution in [3.05, 3.63) is 33.9 Å². The first-order chi connectivity index (χ1) is 11.8. The average Bonchev–Trinajstić information content (AvgIpc) is 2.98. The number of hydrogen-bond donors (Lipinski definition) is 1. The van der Waals surface area contributed by atoms with E-state index in [2.05, 4.69) is 0 Å². The van der Waals surface area contributed by atoms with E-state index in [1.807, 2.05) is 0 Å². The number of aliphatic carboxylic acids is 1. The number of methoxy groups -OCH3 is 1. The molecule has 1 aliphatic heterocycles. The van der Waals surface area contributed by atoms with Crippen molar-refractivity contribution in [2.24, 2.45) is 0 Å². The Morgan fingerprint density at radius 2 is 2.20 bits per heavy atom. The Morgan fingerprint density at radius 1 is 1.48 bits per heavy atom. The normalized spacial score (nSPS) is 19.7. The molecule has 0 bridgehead atoms. The number of nitro benzene ring substituents is 1. The predicted octanol–water partition coefficient (Wildman–Crippen LogP) is 2.30. The van der Waals surface area contributed by atoms with Crippen LogP contribution in [0, 0.1) is 10.1 Å². The lowest BCUT2D eigenvalue weighted by atomic mass is 9.99. The average molecular weight is 368 g/mol. The summed E-state index contributed by atoms with van der Waals surface area (Å²) in [5, 5.41) is 20.4. The first-order valence-corrected chi connectivity index (χ1v) is 8.88. The Hall–Kier alpha value is -2.29. The molecule has 1 aromatic rings. The van der Waals surface area contributed by atoms with Gasteiger partial charge in [0.05, 0.1) is 17.8 Å². The summed E-state index contributed by atoms with van der Waals surface area (Å²) in [5.41, 5.74) is -0.561. The minimum atomic E-state index is -1.14. The number of likely N-dealkylation sites (tertiary alicyclic amines) is 1. The van der Waals surface area contributed by atoms with Gasteiger partial charge in [0.15, 0.2) is 5.75 Å². The number of nitro groups is 1. The Labute approximate surface area is 149 Å². The topological polar surface area (TPSA) is 110 Å². The molecule has 0 aromatic heterocycles. The van der Waals surface area contributed by atoms with Crippen molar-refractivity contribution in [3.63, 3.8) is 0 Å². The molecule has 1 unspecified atom stereocenters. The van der Waals surface area contributed by atoms with Crippen LogP contribution in [0.25, 0.3) is 0 Å². The number of carbonyl (C=O) groups excluding carboxylic acids is 1. The van der Waals surface area contributed by atoms with Crippen molar-refractivity contribution in [2.75, 3.05) is 19.4 Å². The zero-order valence-corrected chi connectivity index (χ0v) is 14.9. The van der Waals surface area contributed by atoms with Gasteiger partial charge < -0.3 is 14.7 Å². The minimum absolute atomic E-state index is 0.120. The number of hydrogen-bond acceptors (Lipinski definition) is 6. The summed E-state index contributed by atoms with van der Waals surface area (Å²) in [6, 6.07) is 4.66. The van der Waals surface area contributed by atoms with Crippen molar-refractivity contribution in [2.45, 2.75) is 31.1 Å². The molecule has 0 spiro atoms. The van der Waals surface area contributed by atoms with E-state index in [-0.39, 0.29) is 23.1 Å². The zero-order valence-electron chi connectivity index (χ0n) is 14.1. The van der Waals surface area contributed by atoms with E-state index in [4.69, 9.17) is 4.74 Å². The molecule has 0 saturated carbocycles. The SMILES string of the molecule is COc1ccc(CSCC(=O)N2CCCC2(C)C(=O)O)cc1[N+](=O)[O-]. The van der Waals surface area contributed by atoms with Gasteiger partial charge in [-0.3, -0.25) is 14.9 Å². The molecule has 1 aliphatic rings. The first kappa shape index (κ1) is 19.0. The summed E-state index contributed by atoms with van der Waals surface area (Å²) >= 11 is 1.30. The number of thioether (sulfide) groups is 1. The molecule has 1 N–H and O–H groups in total. The highest BCUT2D eigenvalue weighted by Gasteiger charge is 2.45. The number of carboxylic acid groups (broad SMARTS) is 1. The van der Waals surface area contributed by atoms with Crippen LogP contribution in [0.15, 0.2) is 18.2 Å². The molecule has 1 aromatic carbocycles. The maximum Gasteiger partial charge on any atom is 0.329 e. The van der Waals surface area contributed by atoms with E-state index in [0.717, 1.165) is 0 Å². The van der Waals surface area contributed by atoms with Gasteiger partial charge in [0.1, 0.15) is 5.54 Å². The molecule has 1 heterocycles. The summed E-state index contributed by atoms with van der Waals surface area (Å²) in [4.78, 5) is 35.7. The van der Waals surface area contributed by atoms with Gasteiger partial charge in [-0.25, -0.2) is 4.79 Å². The second kappa shape index (κ2) is 7.73. The first-order valence-electron chi connectivity index (χ1n) is 7.72. The van der Waals surface area contributed by atoms with Crippen molar-refractivity contribution in [3.8, 4) is 5.75 Å². The third kappa shape index (κ3) is 4.04. The number of carbonyl (C=O) groups is 2. The van der Waals surface area contributed by atoms with Gasteiger partial charge in [-0.2, -0.15) is 0 Å². The van der Waals surface area contributed by atoms with Crippen LogP contribution in [0.1, 0.15) is 25.3 Å². The van der Waals surface area contributed by atoms with Crippen molar-refractivity contribution >= 4 is 29.3 Å². The highest BCUT2D eigenvalue weighted by Crippen LogP contribution is 2.31. The fraction of sp³-hybridized carbons (Fsp3) is 0.500. The summed E-state index contributed by atoms with van der Waals surface area (Å²) in [7, 11) is 1.37. The molecule has 0 radical (unpaired) electrons. The molecule has 1 fully saturated rings. The van der Waals surface area contributed by atoms with Gasteiger partial charge >= 0.3 is 11.7 Å². The summed E-state index contributed by atoms with van der Waals surface area (Å²) in [6.07, 6.45) is 1.12. The second-order valence-corrected chi connectivity index (χ2v) is 6.97. The van der Waals surface area contributed by atoms with E-state index >= 15 is 0 Å². The Balaban J connectivity index is 1.97. The number of amides is 1. The van der Waals surface area contributed by atoms with Gasteiger partial charge in [0.2, 0.25) is 5.91 Å². The lowest BCUT2D eigenvalue weighted by molar-refractivity contribution is -0.385. The minimum Gasteiger partial charge on any atom is -0.490 e. The standard InChI is InChI=1S/C16H20N2O6S/c1-16(15(20)21)6-3-7-17(16)14(19)10-25-9-11-4-5-13(24-2)12(8-11)18(22)23/h4-5,8H,3,6-7,9-10H2,1-2H3,(H,20,21). The van der Waals surface area contributed by atoms with Crippen LogP contribution in [0.5, 0.6) is 5.75 Å². The van der Waals surface area contributed by atoms with E-state index in [9.17, 15) is 24.8 Å². The van der Waals surface area contributed by atoms with Crippen molar-refractivity contribution in [1.82, 2.24) is 4.90 Å². The second-order valence-electron chi connectivity index (χ2n) is 5.98. The fourth-order valence-corrected chi connectivity index (χ4v) is 3.74. The quantitative estimate of drug-likeness (QED) is 0.581. The lowest BCUT2D eigenvalue weighted by Gasteiger charge is -2.31. The van der Waals surface area contributed by atoms with Gasteiger partial charge in [-0.15, -0.1) is 11.8 Å². The van der Waals surface area contributed by atoms with E-state index < -0.39 is 16.4 Å². The lowest BCUT2D eigenvalue weighted by Crippen LogP contribution is -2.51. The van der Waals surface area contributed by atoms with Crippen LogP contribution in [0.3, 0.4) is 0 Å². The molecule has 136 valence electrons. The van der Waals surface area contributed by atoms with E-state index in [1.165, 1.54) is 35.9 Å². The number of carboxylic acids is 1. The monoisotopic (exact) mass is 368 g/mol. The predicted molar refractivity (Wildman–Crippen MR) is 92.8 cm³/mol. The van der Waals surface area contributed by atoms with Crippen LogP contribution in [-0.2, 0) is 15.3 Å². The number of rotatable bonds is 7. The third-order valence-corrected chi connectivity index (χ3v) is 5.33. The molecule has 8 nitrogen and oxygen atoms in total. The zero-order chi connectivity index (χ0) is 18.6. The summed E-state index contributed by atoms with van der Waals surface area (Å²) < 4.78 is 4.95. The molecule has 25 heavy (non-hydrogen) atoms. The van der Waals surface area contributed by atoms with Crippen LogP contribution in [0.2, 0.25) is 0 Å². The van der Waals surface area contributed by atoms with E-state index in [1.54, 1.807) is 13.0 Å². The highest BCUT2D eigenvalue weighted by atomic mass is 32.2. The number of ether oxygens (including phenoxy) is 1. The van der Waals surface area contributed by atoms with Gasteiger partial charge in [-0.1, -0.05) is 6.07 Å². The van der Waals surface area contributed by atoms with Gasteiger partial charge in [0, 0.05) is 18.4 Å². The summed E-state index contributed by atoms with van der Waals surface area (Å²) in [6.45, 7) is 2.01. The summed E-state index contributed by atoms with van der Waals surface area (Å²) in [5.74, 6) is -0.495. The van der Waals surface area contributed by atoms with Gasteiger partial charge in [-0.05, 0) is 31.4 Å². The molecule has 1 saturated heterocycles. The maximum absolute atomic E-state index is 12.3. The molecule has 0 aliphatic carbocycles. The van der Waals surface area contributed by atoms with Gasteiger partial charge in [0.25, 0.3) is 0 Å². The molecular formula is C16H20N2O6S. The van der Waals surface area contributed by atoms with E-state index in [0.29, 0.717) is 30.7 Å². The van der Waals surface area contributed by atoms with Crippen molar-refractivity contribution < 1.29 is 24.4 Å². The van der Waals surface area contributed by atoms with Crippen LogP contribution < -0.4 is 4.74 Å². The fourth-order valence-electron chi connectivity index (χ4n) is 2.89. The number of nitrogens with zero attached hydrogens (tertiary/aromatic N) is 2. The number of benzene rings is 1. The Kier molecular flexibility index (Phi) is 5.89. The smallest absolute Gasteiger partial charge is 0.329 e. The molecule has 9 heteroatoms. The van der Waals surface area contributed by atoms with Crippen LogP contribution in [0.4, 0.5) is 5.69 Å².